The summed E-state index contributed by atoms with van der Waals surface area (Å²) in [4.78, 5) is 14.2. The summed E-state index contributed by atoms with van der Waals surface area (Å²) in [6.45, 7) is 1.80. The molecule has 0 bridgehead atoms. The zero-order valence-corrected chi connectivity index (χ0v) is 12.2. The molecule has 0 spiro atoms. The molecule has 3 nitrogen and oxygen atoms in total. The summed E-state index contributed by atoms with van der Waals surface area (Å²) in [5.74, 6) is -3.40. The molecule has 1 aliphatic heterocycles. The van der Waals surface area contributed by atoms with Gasteiger partial charge in [-0.1, -0.05) is 29.8 Å². The molecule has 0 radical (unpaired) electrons. The first kappa shape index (κ1) is 14.7. The smallest absolute Gasteiger partial charge is 0.249 e. The van der Waals surface area contributed by atoms with Crippen molar-refractivity contribution in [3.8, 4) is 0 Å². The summed E-state index contributed by atoms with van der Waals surface area (Å²) in [6.07, 6.45) is -0.657. The van der Waals surface area contributed by atoms with Crippen molar-refractivity contribution in [1.82, 2.24) is 10.2 Å². The van der Waals surface area contributed by atoms with Crippen molar-refractivity contribution < 1.29 is 13.6 Å². The number of piperazine rings is 1. The second kappa shape index (κ2) is 5.54. The van der Waals surface area contributed by atoms with Crippen molar-refractivity contribution in [1.29, 1.82) is 0 Å². The predicted octanol–water partition coefficient (Wildman–Crippen LogP) is 2.86. The summed E-state index contributed by atoms with van der Waals surface area (Å²) in [7, 11) is 0. The third-order valence-corrected chi connectivity index (χ3v) is 4.57. The van der Waals surface area contributed by atoms with E-state index in [4.69, 9.17) is 11.6 Å². The maximum atomic E-state index is 13.0. The first-order chi connectivity index (χ1) is 9.98. The highest BCUT2D eigenvalue weighted by Crippen LogP contribution is 2.44. The number of hydrogen-bond donors (Lipinski definition) is 1. The number of nitrogens with zero attached hydrogens (tertiary/aromatic N) is 1. The highest BCUT2D eigenvalue weighted by Gasteiger charge is 2.50. The van der Waals surface area contributed by atoms with Crippen LogP contribution in [0.25, 0.3) is 0 Å². The fraction of sp³-hybridized carbons (Fsp3) is 0.533. The van der Waals surface area contributed by atoms with Crippen LogP contribution in [0.2, 0.25) is 5.02 Å². The monoisotopic (exact) mass is 314 g/mol. The van der Waals surface area contributed by atoms with E-state index in [1.165, 1.54) is 0 Å². The third kappa shape index (κ3) is 2.90. The Morgan fingerprint density at radius 3 is 2.71 bits per heavy atom. The Morgan fingerprint density at radius 2 is 2.05 bits per heavy atom. The van der Waals surface area contributed by atoms with E-state index < -0.39 is 11.8 Å². The minimum absolute atomic E-state index is 0.174. The second-order valence-electron chi connectivity index (χ2n) is 5.73. The Kier molecular flexibility index (Phi) is 3.88. The van der Waals surface area contributed by atoms with Crippen LogP contribution in [0.3, 0.4) is 0 Å². The molecule has 1 saturated carbocycles. The van der Waals surface area contributed by atoms with Gasteiger partial charge in [0.25, 0.3) is 0 Å². The lowest BCUT2D eigenvalue weighted by Crippen LogP contribution is -2.54. The lowest BCUT2D eigenvalue weighted by atomic mass is 9.80. The van der Waals surface area contributed by atoms with E-state index >= 15 is 0 Å². The average Bonchev–Trinajstić information content (AvgIpc) is 2.44. The van der Waals surface area contributed by atoms with Crippen LogP contribution in [-0.4, -0.2) is 36.4 Å². The minimum atomic E-state index is -2.67. The van der Waals surface area contributed by atoms with Gasteiger partial charge in [-0.25, -0.2) is 8.78 Å². The molecule has 114 valence electrons. The number of rotatable bonds is 2. The molecule has 6 heteroatoms. The third-order valence-electron chi connectivity index (χ3n) is 4.23. The number of carbonyl (C=O) groups excluding carboxylic acids is 1. The standard InChI is InChI=1S/C15H17ClF2N2O/c16-12-4-2-1-3-11(12)13-9-19-5-6-20(13)14(21)10-7-15(17,18)8-10/h1-4,10,13,19H,5-9H2. The molecule has 1 heterocycles. The average molecular weight is 315 g/mol. The topological polar surface area (TPSA) is 32.3 Å². The van der Waals surface area contributed by atoms with Crippen molar-refractivity contribution in [3.63, 3.8) is 0 Å². The van der Waals surface area contributed by atoms with E-state index in [1.54, 1.807) is 11.0 Å². The molecule has 1 aromatic rings. The van der Waals surface area contributed by atoms with Gasteiger partial charge in [0.2, 0.25) is 11.8 Å². The van der Waals surface area contributed by atoms with Crippen LogP contribution >= 0.6 is 11.6 Å². The van der Waals surface area contributed by atoms with E-state index in [0.29, 0.717) is 24.7 Å². The number of hydrogen-bond acceptors (Lipinski definition) is 2. The Morgan fingerprint density at radius 1 is 1.33 bits per heavy atom. The lowest BCUT2D eigenvalue weighted by Gasteiger charge is -2.42. The van der Waals surface area contributed by atoms with Crippen LogP contribution in [0.4, 0.5) is 8.78 Å². The maximum Gasteiger partial charge on any atom is 0.249 e. The molecule has 1 aromatic carbocycles. The van der Waals surface area contributed by atoms with Gasteiger partial charge < -0.3 is 10.2 Å². The number of alkyl halides is 2. The second-order valence-corrected chi connectivity index (χ2v) is 6.14. The van der Waals surface area contributed by atoms with Gasteiger partial charge in [-0.2, -0.15) is 0 Å². The van der Waals surface area contributed by atoms with E-state index in [2.05, 4.69) is 5.32 Å². The highest BCUT2D eigenvalue weighted by atomic mass is 35.5. The van der Waals surface area contributed by atoms with Crippen molar-refractivity contribution in [3.05, 3.63) is 34.9 Å². The van der Waals surface area contributed by atoms with Gasteiger partial charge in [-0.3, -0.25) is 4.79 Å². The Hall–Kier alpha value is -1.20. The summed E-state index contributed by atoms with van der Waals surface area (Å²) in [6, 6.07) is 7.19. The number of halogens is 3. The molecule has 1 amide bonds. The number of carbonyl (C=O) groups is 1. The van der Waals surface area contributed by atoms with Gasteiger partial charge in [0.15, 0.2) is 0 Å². The molecule has 0 aromatic heterocycles. The fourth-order valence-electron chi connectivity index (χ4n) is 3.06. The van der Waals surface area contributed by atoms with Gasteiger partial charge in [0, 0.05) is 43.4 Å². The molecule has 1 unspecified atom stereocenters. The van der Waals surface area contributed by atoms with Crippen molar-refractivity contribution in [2.45, 2.75) is 24.8 Å². The Bertz CT molecular complexity index is 544. The van der Waals surface area contributed by atoms with Crippen molar-refractivity contribution in [2.24, 2.45) is 5.92 Å². The molecule has 2 fully saturated rings. The van der Waals surface area contributed by atoms with Gasteiger partial charge >= 0.3 is 0 Å². The summed E-state index contributed by atoms with van der Waals surface area (Å²) in [5, 5.41) is 3.84. The fourth-order valence-corrected chi connectivity index (χ4v) is 3.32. The Balaban J connectivity index is 1.79. The zero-order valence-electron chi connectivity index (χ0n) is 11.5. The van der Waals surface area contributed by atoms with Crippen molar-refractivity contribution >= 4 is 17.5 Å². The molecule has 21 heavy (non-hydrogen) atoms. The van der Waals surface area contributed by atoms with Gasteiger partial charge in [-0.05, 0) is 11.6 Å². The maximum absolute atomic E-state index is 13.0. The van der Waals surface area contributed by atoms with Crippen LogP contribution in [0.1, 0.15) is 24.4 Å². The largest absolute Gasteiger partial charge is 0.333 e. The predicted molar refractivity (Wildman–Crippen MR) is 76.4 cm³/mol. The van der Waals surface area contributed by atoms with Crippen LogP contribution in [-0.2, 0) is 4.79 Å². The van der Waals surface area contributed by atoms with E-state index in [-0.39, 0.29) is 24.8 Å². The molecule has 1 atom stereocenters. The van der Waals surface area contributed by atoms with Gasteiger partial charge in [0.1, 0.15) is 0 Å². The number of benzene rings is 1. The summed E-state index contributed by atoms with van der Waals surface area (Å²) in [5.41, 5.74) is 0.866. The van der Waals surface area contributed by atoms with Crippen LogP contribution in [0.15, 0.2) is 24.3 Å². The summed E-state index contributed by atoms with van der Waals surface area (Å²) < 4.78 is 26.0. The molecule has 2 aliphatic rings. The zero-order chi connectivity index (χ0) is 15.0. The highest BCUT2D eigenvalue weighted by molar-refractivity contribution is 6.31. The van der Waals surface area contributed by atoms with Crippen LogP contribution in [0.5, 0.6) is 0 Å². The van der Waals surface area contributed by atoms with E-state index in [9.17, 15) is 13.6 Å². The van der Waals surface area contributed by atoms with Crippen LogP contribution < -0.4 is 5.32 Å². The summed E-state index contributed by atoms with van der Waals surface area (Å²) >= 11 is 6.21. The molecule has 1 N–H and O–H groups in total. The minimum Gasteiger partial charge on any atom is -0.333 e. The lowest BCUT2D eigenvalue weighted by molar-refractivity contribution is -0.162. The Labute approximate surface area is 127 Å². The molecule has 1 saturated heterocycles. The van der Waals surface area contributed by atoms with E-state index in [0.717, 1.165) is 5.56 Å². The van der Waals surface area contributed by atoms with Crippen LogP contribution in [0, 0.1) is 5.92 Å². The van der Waals surface area contributed by atoms with Gasteiger partial charge in [-0.15, -0.1) is 0 Å². The van der Waals surface area contributed by atoms with Gasteiger partial charge in [0.05, 0.1) is 6.04 Å². The molecule has 3 rings (SSSR count). The first-order valence-electron chi connectivity index (χ1n) is 7.11. The SMILES string of the molecule is O=C(C1CC(F)(F)C1)N1CCNCC1c1ccccc1Cl. The van der Waals surface area contributed by atoms with E-state index in [1.807, 2.05) is 18.2 Å². The molecular weight excluding hydrogens is 298 g/mol. The quantitative estimate of drug-likeness (QED) is 0.910. The van der Waals surface area contributed by atoms with Crippen molar-refractivity contribution in [2.75, 3.05) is 19.6 Å². The molecule has 1 aliphatic carbocycles. The number of amides is 1. The molecular formula is C15H17ClF2N2O. The normalized spacial score (nSPS) is 25.5. The number of nitrogens with one attached hydrogen (secondary N) is 1. The first-order valence-corrected chi connectivity index (χ1v) is 7.49.